The summed E-state index contributed by atoms with van der Waals surface area (Å²) in [4.78, 5) is 3.99. The topological polar surface area (TPSA) is 71.2 Å². The number of nitrogens with zero attached hydrogens (tertiary/aromatic N) is 1. The number of nitrogens with two attached hydrogens (primary N) is 1. The van der Waals surface area contributed by atoms with E-state index in [0.717, 1.165) is 5.39 Å². The average Bonchev–Trinajstić information content (AvgIpc) is 2.36. The van der Waals surface area contributed by atoms with Gasteiger partial charge in [-0.1, -0.05) is 6.07 Å². The predicted molar refractivity (Wildman–Crippen MR) is 65.9 cm³/mol. The van der Waals surface area contributed by atoms with Crippen LogP contribution in [0.1, 0.15) is 0 Å². The van der Waals surface area contributed by atoms with Crippen molar-refractivity contribution >= 4 is 16.6 Å². The van der Waals surface area contributed by atoms with Gasteiger partial charge >= 0.3 is 0 Å². The first-order valence-corrected chi connectivity index (χ1v) is 5.41. The second kappa shape index (κ2) is 4.73. The molecule has 6 heteroatoms. The zero-order chi connectivity index (χ0) is 13.2. The van der Waals surface area contributed by atoms with Crippen LogP contribution >= 0.6 is 0 Å². The number of phenols is 1. The summed E-state index contributed by atoms with van der Waals surface area (Å²) in [6.45, 7) is -1.32. The quantitative estimate of drug-likeness (QED) is 0.778. The Morgan fingerprint density at radius 2 is 2.11 bits per heavy atom. The summed E-state index contributed by atoms with van der Waals surface area (Å²) in [6, 6.07) is 6.44. The van der Waals surface area contributed by atoms with Gasteiger partial charge in [0.15, 0.2) is 0 Å². The van der Waals surface area contributed by atoms with Gasteiger partial charge in [-0.3, -0.25) is 0 Å². The van der Waals surface area contributed by atoms with Crippen LogP contribution < -0.4 is 11.1 Å². The summed E-state index contributed by atoms with van der Waals surface area (Å²) < 4.78 is 26.1. The third kappa shape index (κ3) is 2.65. The molecule has 0 aliphatic carbocycles. The second-order valence-electron chi connectivity index (χ2n) is 3.98. The summed E-state index contributed by atoms with van der Waals surface area (Å²) in [5.41, 5.74) is 4.96. The Bertz CT molecular complexity index is 560. The minimum absolute atomic E-state index is 0.0594. The van der Waals surface area contributed by atoms with Crippen LogP contribution in [0.25, 0.3) is 10.8 Å². The number of hydrogen-bond acceptors (Lipinski definition) is 4. The van der Waals surface area contributed by atoms with E-state index in [0.29, 0.717) is 11.2 Å². The number of aromatic hydroxyl groups is 1. The highest BCUT2D eigenvalue weighted by Gasteiger charge is 2.26. The molecule has 0 saturated carbocycles. The third-order valence-electron chi connectivity index (χ3n) is 2.56. The van der Waals surface area contributed by atoms with Crippen LogP contribution in [0, 0.1) is 0 Å². The van der Waals surface area contributed by atoms with Crippen LogP contribution in [0.3, 0.4) is 0 Å². The maximum Gasteiger partial charge on any atom is 0.276 e. The predicted octanol–water partition coefficient (Wildman–Crippen LogP) is 1.95. The van der Waals surface area contributed by atoms with Gasteiger partial charge in [0.25, 0.3) is 5.92 Å². The highest BCUT2D eigenvalue weighted by molar-refractivity contribution is 5.92. The van der Waals surface area contributed by atoms with Crippen LogP contribution in [0.4, 0.5) is 14.6 Å². The smallest absolute Gasteiger partial charge is 0.276 e. The molecule has 0 saturated heterocycles. The van der Waals surface area contributed by atoms with Crippen molar-refractivity contribution in [2.24, 2.45) is 5.73 Å². The fourth-order valence-electron chi connectivity index (χ4n) is 1.58. The Labute approximate surface area is 102 Å². The van der Waals surface area contributed by atoms with Gasteiger partial charge in [0.1, 0.15) is 11.6 Å². The Morgan fingerprint density at radius 1 is 1.33 bits per heavy atom. The van der Waals surface area contributed by atoms with E-state index in [2.05, 4.69) is 10.3 Å². The van der Waals surface area contributed by atoms with Crippen LogP contribution in [0.5, 0.6) is 5.75 Å². The molecule has 0 fully saturated rings. The summed E-state index contributed by atoms with van der Waals surface area (Å²) >= 11 is 0. The maximum absolute atomic E-state index is 13.1. The number of halogens is 2. The number of alkyl halides is 2. The summed E-state index contributed by atoms with van der Waals surface area (Å²) in [5, 5.41) is 13.4. The summed E-state index contributed by atoms with van der Waals surface area (Å²) in [6.07, 6.45) is 1.52. The molecule has 0 unspecified atom stereocenters. The molecule has 1 aromatic heterocycles. The first kappa shape index (κ1) is 12.5. The van der Waals surface area contributed by atoms with E-state index in [1.165, 1.54) is 18.3 Å². The largest absolute Gasteiger partial charge is 0.508 e. The van der Waals surface area contributed by atoms with Crippen molar-refractivity contribution in [2.75, 3.05) is 18.4 Å². The molecular weight excluding hydrogens is 240 g/mol. The van der Waals surface area contributed by atoms with E-state index in [-0.39, 0.29) is 5.75 Å². The lowest BCUT2D eigenvalue weighted by Crippen LogP contribution is -2.35. The van der Waals surface area contributed by atoms with Gasteiger partial charge in [-0.15, -0.1) is 0 Å². The zero-order valence-corrected chi connectivity index (χ0v) is 9.53. The van der Waals surface area contributed by atoms with E-state index in [4.69, 9.17) is 5.73 Å². The van der Waals surface area contributed by atoms with Gasteiger partial charge in [-0.05, 0) is 23.6 Å². The van der Waals surface area contributed by atoms with Crippen LogP contribution in [0.15, 0.2) is 30.5 Å². The monoisotopic (exact) mass is 253 g/mol. The number of fused-ring (bicyclic) bond motifs is 1. The second-order valence-corrected chi connectivity index (χ2v) is 3.98. The van der Waals surface area contributed by atoms with Crippen molar-refractivity contribution in [2.45, 2.75) is 5.92 Å². The van der Waals surface area contributed by atoms with Gasteiger partial charge in [0.2, 0.25) is 0 Å². The van der Waals surface area contributed by atoms with E-state index in [9.17, 15) is 13.9 Å². The highest BCUT2D eigenvalue weighted by atomic mass is 19.3. The Kier molecular flexibility index (Phi) is 3.29. The van der Waals surface area contributed by atoms with E-state index < -0.39 is 19.0 Å². The number of nitrogens with one attached hydrogen (secondary N) is 1. The lowest BCUT2D eigenvalue weighted by molar-refractivity contribution is 0.0253. The van der Waals surface area contributed by atoms with Gasteiger partial charge in [0, 0.05) is 11.6 Å². The lowest BCUT2D eigenvalue weighted by atomic mass is 10.1. The van der Waals surface area contributed by atoms with Crippen molar-refractivity contribution in [3.05, 3.63) is 30.5 Å². The SMILES string of the molecule is NCC(F)(F)CNc1nccc2ccc(O)cc12. The number of rotatable bonds is 4. The van der Waals surface area contributed by atoms with Crippen LogP contribution in [-0.4, -0.2) is 29.1 Å². The molecule has 0 aliphatic rings. The fourth-order valence-corrected chi connectivity index (χ4v) is 1.58. The van der Waals surface area contributed by atoms with E-state index in [1.807, 2.05) is 0 Å². The van der Waals surface area contributed by atoms with Crippen molar-refractivity contribution in [1.29, 1.82) is 0 Å². The molecule has 18 heavy (non-hydrogen) atoms. The third-order valence-corrected chi connectivity index (χ3v) is 2.56. The molecule has 4 nitrogen and oxygen atoms in total. The number of hydrogen-bond donors (Lipinski definition) is 3. The van der Waals surface area contributed by atoms with Crippen molar-refractivity contribution in [3.63, 3.8) is 0 Å². The molecule has 0 bridgehead atoms. The van der Waals surface area contributed by atoms with Crippen molar-refractivity contribution in [1.82, 2.24) is 4.98 Å². The molecule has 0 atom stereocenters. The normalized spacial score (nSPS) is 11.7. The van der Waals surface area contributed by atoms with E-state index >= 15 is 0 Å². The number of pyridine rings is 1. The first-order valence-electron chi connectivity index (χ1n) is 5.41. The van der Waals surface area contributed by atoms with Crippen LogP contribution in [0.2, 0.25) is 0 Å². The Balaban J connectivity index is 2.30. The van der Waals surface area contributed by atoms with Crippen LogP contribution in [-0.2, 0) is 0 Å². The molecule has 96 valence electrons. The fraction of sp³-hybridized carbons (Fsp3) is 0.250. The molecule has 0 spiro atoms. The van der Waals surface area contributed by atoms with Gasteiger partial charge in [-0.2, -0.15) is 0 Å². The van der Waals surface area contributed by atoms with Gasteiger partial charge in [-0.25, -0.2) is 13.8 Å². The summed E-state index contributed by atoms with van der Waals surface area (Å²) in [5.74, 6) is -2.62. The molecule has 0 amide bonds. The molecular formula is C12H13F2N3O. The molecule has 0 aliphatic heterocycles. The maximum atomic E-state index is 13.1. The number of phenolic OH excluding ortho intramolecular Hbond substituents is 1. The zero-order valence-electron chi connectivity index (χ0n) is 9.53. The minimum atomic E-state index is -2.99. The number of aromatic nitrogens is 1. The highest BCUT2D eigenvalue weighted by Crippen LogP contribution is 2.25. The number of benzene rings is 1. The Morgan fingerprint density at radius 3 is 2.83 bits per heavy atom. The van der Waals surface area contributed by atoms with Crippen molar-refractivity contribution < 1.29 is 13.9 Å². The standard InChI is InChI=1S/C12H13F2N3O/c13-12(14,6-15)7-17-11-10-5-9(18)2-1-8(10)3-4-16-11/h1-5,18H,6-7,15H2,(H,16,17). The minimum Gasteiger partial charge on any atom is -0.508 e. The van der Waals surface area contributed by atoms with Gasteiger partial charge < -0.3 is 16.2 Å². The molecule has 2 aromatic rings. The summed E-state index contributed by atoms with van der Waals surface area (Å²) in [7, 11) is 0. The number of anilines is 1. The van der Waals surface area contributed by atoms with Gasteiger partial charge in [0.05, 0.1) is 13.1 Å². The average molecular weight is 253 g/mol. The molecule has 0 radical (unpaired) electrons. The molecule has 1 heterocycles. The van der Waals surface area contributed by atoms with E-state index in [1.54, 1.807) is 12.1 Å². The first-order chi connectivity index (χ1) is 8.52. The molecule has 1 aromatic carbocycles. The Hall–Kier alpha value is -1.95. The van der Waals surface area contributed by atoms with Crippen molar-refractivity contribution in [3.8, 4) is 5.75 Å². The lowest BCUT2D eigenvalue weighted by Gasteiger charge is -2.15. The molecule has 4 N–H and O–H groups in total. The molecule has 2 rings (SSSR count).